The van der Waals surface area contributed by atoms with Crippen LogP contribution >= 0.6 is 0 Å². The second-order valence-electron chi connectivity index (χ2n) is 9.22. The van der Waals surface area contributed by atoms with Gasteiger partial charge in [0.05, 0.1) is 6.10 Å². The molecule has 178 valence electrons. The number of aryl methyl sites for hydroxylation is 1. The van der Waals surface area contributed by atoms with Crippen LogP contribution in [0.25, 0.3) is 0 Å². The van der Waals surface area contributed by atoms with Gasteiger partial charge in [0.15, 0.2) is 0 Å². The third-order valence-electron chi connectivity index (χ3n) is 6.40. The first-order chi connectivity index (χ1) is 15.2. The zero-order valence-corrected chi connectivity index (χ0v) is 20.1. The molecule has 3 N–H and O–H groups in total. The highest BCUT2D eigenvalue weighted by Gasteiger charge is 2.33. The summed E-state index contributed by atoms with van der Waals surface area (Å²) in [5.41, 5.74) is 3.21. The van der Waals surface area contributed by atoms with E-state index in [1.165, 1.54) is 5.57 Å². The van der Waals surface area contributed by atoms with Crippen LogP contribution in [0.1, 0.15) is 100 Å². The monoisotopic (exact) mass is 444 g/mol. The van der Waals surface area contributed by atoms with Gasteiger partial charge in [-0.05, 0) is 63.5 Å². The molecule has 0 amide bonds. The summed E-state index contributed by atoms with van der Waals surface area (Å²) in [4.78, 5) is 13.0. The normalized spacial score (nSPS) is 19.3. The molecule has 0 aromatic heterocycles. The summed E-state index contributed by atoms with van der Waals surface area (Å²) in [6.07, 6.45) is 7.86. The predicted molar refractivity (Wildman–Crippen MR) is 128 cm³/mol. The van der Waals surface area contributed by atoms with E-state index < -0.39 is 12.1 Å². The Morgan fingerprint density at radius 3 is 2.59 bits per heavy atom. The summed E-state index contributed by atoms with van der Waals surface area (Å²) < 4.78 is 5.38. The van der Waals surface area contributed by atoms with Gasteiger partial charge in [0.1, 0.15) is 23.7 Å². The van der Waals surface area contributed by atoms with Crippen LogP contribution in [0, 0.1) is 5.92 Å². The fourth-order valence-corrected chi connectivity index (χ4v) is 4.61. The zero-order valence-electron chi connectivity index (χ0n) is 20.1. The average molecular weight is 445 g/mol. The van der Waals surface area contributed by atoms with Crippen LogP contribution in [0.5, 0.6) is 11.5 Å². The molecule has 0 aliphatic heterocycles. The number of phenolic OH excluding ortho intramolecular Hbond substituents is 2. The highest BCUT2D eigenvalue weighted by Crippen LogP contribution is 2.48. The largest absolute Gasteiger partial charge is 0.507 e. The highest BCUT2D eigenvalue weighted by atomic mass is 16.5. The van der Waals surface area contributed by atoms with Gasteiger partial charge in [-0.2, -0.15) is 0 Å². The number of ether oxygens (including phenoxy) is 1. The Morgan fingerprint density at radius 2 is 1.97 bits per heavy atom. The Morgan fingerprint density at radius 1 is 1.25 bits per heavy atom. The zero-order chi connectivity index (χ0) is 23.8. The van der Waals surface area contributed by atoms with Crippen LogP contribution < -0.4 is 0 Å². The number of unbranched alkanes of at least 4 members (excludes halogenated alkanes) is 2. The molecule has 0 spiro atoms. The minimum absolute atomic E-state index is 0.00114. The highest BCUT2D eigenvalue weighted by molar-refractivity contribution is 5.95. The van der Waals surface area contributed by atoms with E-state index in [0.717, 1.165) is 44.1 Å². The number of carbonyl (C=O) groups excluding carboxylic acids is 1. The van der Waals surface area contributed by atoms with Crippen LogP contribution in [-0.4, -0.2) is 34.0 Å². The fourth-order valence-electron chi connectivity index (χ4n) is 4.61. The van der Waals surface area contributed by atoms with Gasteiger partial charge in [-0.15, -0.1) is 0 Å². The number of aliphatic hydroxyl groups excluding tert-OH is 1. The molecule has 0 saturated carbocycles. The lowest BCUT2D eigenvalue weighted by atomic mass is 9.73. The summed E-state index contributed by atoms with van der Waals surface area (Å²) >= 11 is 0. The third kappa shape index (κ3) is 6.38. The van der Waals surface area contributed by atoms with Gasteiger partial charge in [0, 0.05) is 11.5 Å². The lowest BCUT2D eigenvalue weighted by Crippen LogP contribution is -2.21. The van der Waals surface area contributed by atoms with E-state index in [1.807, 2.05) is 20.8 Å². The van der Waals surface area contributed by atoms with Crippen molar-refractivity contribution in [3.63, 3.8) is 0 Å². The van der Waals surface area contributed by atoms with E-state index in [-0.39, 0.29) is 35.5 Å². The number of hydrogen-bond donors (Lipinski definition) is 3. The number of carbonyl (C=O) groups is 1. The quantitative estimate of drug-likeness (QED) is 0.216. The molecule has 32 heavy (non-hydrogen) atoms. The predicted octanol–water partition coefficient (Wildman–Crippen LogP) is 6.16. The maximum Gasteiger partial charge on any atom is 0.342 e. The number of rotatable bonds is 11. The molecule has 0 radical (unpaired) electrons. The van der Waals surface area contributed by atoms with Crippen molar-refractivity contribution in [1.29, 1.82) is 0 Å². The Labute approximate surface area is 192 Å². The van der Waals surface area contributed by atoms with Crippen molar-refractivity contribution < 1.29 is 24.9 Å². The van der Waals surface area contributed by atoms with E-state index in [2.05, 4.69) is 19.6 Å². The van der Waals surface area contributed by atoms with Crippen molar-refractivity contribution in [3.8, 4) is 11.5 Å². The first-order valence-electron chi connectivity index (χ1n) is 12.0. The number of aliphatic hydroxyl groups is 1. The number of benzene rings is 1. The van der Waals surface area contributed by atoms with Gasteiger partial charge < -0.3 is 20.1 Å². The van der Waals surface area contributed by atoms with Crippen LogP contribution in [0.3, 0.4) is 0 Å². The fraction of sp³-hybridized carbons (Fsp3) is 0.593. The van der Waals surface area contributed by atoms with Crippen molar-refractivity contribution >= 4 is 5.97 Å². The van der Waals surface area contributed by atoms with Gasteiger partial charge in [-0.25, -0.2) is 4.79 Å². The smallest absolute Gasteiger partial charge is 0.342 e. The van der Waals surface area contributed by atoms with E-state index in [0.29, 0.717) is 24.0 Å². The van der Waals surface area contributed by atoms with Gasteiger partial charge in [-0.3, -0.25) is 0 Å². The molecule has 1 unspecified atom stereocenters. The molecule has 1 aliphatic rings. The SMILES string of the molecule is C=C(C)[C@@H]1CCC(C)=C[C@H]1c1c(O)cc(CCCCC)c(C(=O)OCC(O)CCC)c1O. The van der Waals surface area contributed by atoms with Crippen molar-refractivity contribution in [2.75, 3.05) is 6.61 Å². The van der Waals surface area contributed by atoms with Crippen molar-refractivity contribution in [2.45, 2.75) is 91.1 Å². The number of aromatic hydroxyl groups is 2. The van der Waals surface area contributed by atoms with Crippen molar-refractivity contribution in [3.05, 3.63) is 46.6 Å². The molecule has 0 fully saturated rings. The molecule has 2 rings (SSSR count). The van der Waals surface area contributed by atoms with Gasteiger partial charge in [0.2, 0.25) is 0 Å². The van der Waals surface area contributed by atoms with E-state index in [4.69, 9.17) is 4.74 Å². The Kier molecular flexibility index (Phi) is 9.83. The minimum Gasteiger partial charge on any atom is -0.507 e. The molecule has 0 saturated heterocycles. The number of allylic oxidation sites excluding steroid dienone is 3. The summed E-state index contributed by atoms with van der Waals surface area (Å²) in [7, 11) is 0. The second-order valence-corrected chi connectivity index (χ2v) is 9.22. The minimum atomic E-state index is -0.733. The summed E-state index contributed by atoms with van der Waals surface area (Å²) in [6.45, 7) is 12.0. The summed E-state index contributed by atoms with van der Waals surface area (Å²) in [5, 5.41) is 32.2. The van der Waals surface area contributed by atoms with Crippen molar-refractivity contribution in [2.24, 2.45) is 5.92 Å². The van der Waals surface area contributed by atoms with Gasteiger partial charge in [-0.1, -0.05) is 56.9 Å². The van der Waals surface area contributed by atoms with Crippen LogP contribution in [0.4, 0.5) is 0 Å². The number of hydrogen-bond acceptors (Lipinski definition) is 5. The Bertz CT molecular complexity index is 839. The lowest BCUT2D eigenvalue weighted by Gasteiger charge is -2.32. The molecule has 1 aromatic rings. The van der Waals surface area contributed by atoms with E-state index in [9.17, 15) is 20.1 Å². The lowest BCUT2D eigenvalue weighted by molar-refractivity contribution is 0.0233. The third-order valence-corrected chi connectivity index (χ3v) is 6.40. The summed E-state index contributed by atoms with van der Waals surface area (Å²) in [5.74, 6) is -1.07. The molecule has 3 atom stereocenters. The standard InChI is InChI=1S/C27H40O5/c1-6-8-9-11-19-15-23(29)25(22-14-18(5)12-13-21(22)17(3)4)26(30)24(19)27(31)32-16-20(28)10-7-2/h14-15,20-22,28-30H,3,6-13,16H2,1-2,4-5H3/t20?,21-,22+/m0/s1. The van der Waals surface area contributed by atoms with Gasteiger partial charge >= 0.3 is 5.97 Å². The maximum atomic E-state index is 13.0. The molecule has 0 heterocycles. The Hall–Kier alpha value is -2.27. The first-order valence-corrected chi connectivity index (χ1v) is 12.0. The molecule has 1 aliphatic carbocycles. The second kappa shape index (κ2) is 12.1. The summed E-state index contributed by atoms with van der Waals surface area (Å²) in [6, 6.07) is 1.61. The van der Waals surface area contributed by atoms with Crippen molar-refractivity contribution in [1.82, 2.24) is 0 Å². The number of phenols is 2. The molecule has 1 aromatic carbocycles. The van der Waals surface area contributed by atoms with Gasteiger partial charge in [0.25, 0.3) is 0 Å². The maximum absolute atomic E-state index is 13.0. The Balaban J connectivity index is 2.52. The molecule has 0 bridgehead atoms. The number of esters is 1. The molecular weight excluding hydrogens is 404 g/mol. The van der Waals surface area contributed by atoms with Crippen LogP contribution in [0.15, 0.2) is 29.9 Å². The molecular formula is C27H40O5. The van der Waals surface area contributed by atoms with E-state index in [1.54, 1.807) is 6.07 Å². The topological polar surface area (TPSA) is 87.0 Å². The molecule has 5 heteroatoms. The van der Waals surface area contributed by atoms with Crippen LogP contribution in [-0.2, 0) is 11.2 Å². The van der Waals surface area contributed by atoms with Crippen LogP contribution in [0.2, 0.25) is 0 Å². The molecule has 5 nitrogen and oxygen atoms in total. The average Bonchev–Trinajstić information content (AvgIpc) is 2.72. The van der Waals surface area contributed by atoms with E-state index >= 15 is 0 Å². The first kappa shape index (κ1) is 26.0.